The van der Waals surface area contributed by atoms with E-state index in [0.29, 0.717) is 0 Å². The third-order valence-electron chi connectivity index (χ3n) is 5.58. The monoisotopic (exact) mass is 612 g/mol. The average Bonchev–Trinajstić information content (AvgIpc) is 3.53. The maximum absolute atomic E-state index is 3.46. The summed E-state index contributed by atoms with van der Waals surface area (Å²) in [6.45, 7) is 9.10. The quantitative estimate of drug-likeness (QED) is 0.315. The van der Waals surface area contributed by atoms with Gasteiger partial charge in [0.25, 0.3) is 0 Å². The largest absolute Gasteiger partial charge is 1.00 e. The summed E-state index contributed by atoms with van der Waals surface area (Å²) < 4.78 is 0. The molecule has 192 valence electrons. The number of benzene rings is 2. The van der Waals surface area contributed by atoms with Crippen molar-refractivity contribution in [3.05, 3.63) is 107 Å². The molecule has 0 aliphatic heterocycles. The van der Waals surface area contributed by atoms with E-state index in [1.54, 1.807) is 23.3 Å². The first-order valence-corrected chi connectivity index (χ1v) is 18.9. The van der Waals surface area contributed by atoms with E-state index in [1.165, 1.54) is 71.9 Å². The molecule has 4 heteroatoms. The summed E-state index contributed by atoms with van der Waals surface area (Å²) in [5.41, 5.74) is 8.44. The van der Waals surface area contributed by atoms with Crippen LogP contribution >= 0.6 is 0 Å². The number of halogens is 2. The van der Waals surface area contributed by atoms with Crippen molar-refractivity contribution in [1.29, 1.82) is 0 Å². The number of hydrogen-bond acceptors (Lipinski definition) is 0. The average molecular weight is 615 g/mol. The van der Waals surface area contributed by atoms with E-state index in [2.05, 4.69) is 112 Å². The molecule has 0 saturated carbocycles. The van der Waals surface area contributed by atoms with Gasteiger partial charge in [-0.25, -0.2) is 0 Å². The molecule has 2 aliphatic rings. The zero-order valence-corrected chi connectivity index (χ0v) is 27.3. The Morgan fingerprint density at radius 1 is 0.667 bits per heavy atom. The summed E-state index contributed by atoms with van der Waals surface area (Å²) in [6, 6.07) is 21.1. The Morgan fingerprint density at radius 3 is 1.31 bits per heavy atom. The van der Waals surface area contributed by atoms with Crippen LogP contribution in [0.2, 0.25) is 13.1 Å². The number of allylic oxidation sites excluding steroid dienone is 8. The van der Waals surface area contributed by atoms with Gasteiger partial charge in [0.2, 0.25) is 0 Å². The van der Waals surface area contributed by atoms with Crippen LogP contribution in [0.25, 0.3) is 11.1 Å². The molecule has 0 heterocycles. The Morgan fingerprint density at radius 2 is 1.00 bits per heavy atom. The molecule has 2 aliphatic carbocycles. The fraction of sp³-hybridized carbons (Fsp3) is 0.375. The maximum atomic E-state index is 3.46. The van der Waals surface area contributed by atoms with Gasteiger partial charge in [-0.2, -0.15) is 35.5 Å². The van der Waals surface area contributed by atoms with Gasteiger partial charge in [-0.15, -0.1) is 46.5 Å². The van der Waals surface area contributed by atoms with E-state index in [9.17, 15) is 0 Å². The topological polar surface area (TPSA) is 0 Å². The predicted octanol–water partition coefficient (Wildman–Crippen LogP) is 3.58. The van der Waals surface area contributed by atoms with Crippen molar-refractivity contribution in [2.24, 2.45) is 0 Å². The molecule has 0 unspecified atom stereocenters. The van der Waals surface area contributed by atoms with E-state index in [4.69, 9.17) is 0 Å². The van der Waals surface area contributed by atoms with Crippen LogP contribution in [0.3, 0.4) is 0 Å². The summed E-state index contributed by atoms with van der Waals surface area (Å²) in [6.07, 6.45) is 21.2. The van der Waals surface area contributed by atoms with Crippen LogP contribution in [0.15, 0.2) is 84.0 Å². The molecule has 0 nitrogen and oxygen atoms in total. The number of unbranched alkanes of at least 4 members (excludes halogenated alkanes) is 2. The first-order valence-electron chi connectivity index (χ1n) is 12.8. The Hall–Kier alpha value is -0.920. The van der Waals surface area contributed by atoms with E-state index in [0.717, 1.165) is 12.8 Å². The van der Waals surface area contributed by atoms with Crippen molar-refractivity contribution in [2.75, 3.05) is 0 Å². The first kappa shape index (κ1) is 35.1. The molecule has 4 rings (SSSR count). The third kappa shape index (κ3) is 14.1. The Labute approximate surface area is 248 Å². The van der Waals surface area contributed by atoms with Gasteiger partial charge in [0.15, 0.2) is 0 Å². The second-order valence-electron chi connectivity index (χ2n) is 9.08. The first-order chi connectivity index (χ1) is 16.5. The minimum Gasteiger partial charge on any atom is -1.00 e. The van der Waals surface area contributed by atoms with Gasteiger partial charge in [0, 0.05) is 0 Å². The molecule has 2 aromatic rings. The van der Waals surface area contributed by atoms with Gasteiger partial charge in [-0.1, -0.05) is 88.8 Å². The molecule has 0 atom stereocenters. The number of hydrogen-bond donors (Lipinski definition) is 0. The van der Waals surface area contributed by atoms with Gasteiger partial charge >= 0.3 is 41.9 Å². The predicted molar refractivity (Wildman–Crippen MR) is 148 cm³/mol. The molecule has 36 heavy (non-hydrogen) atoms. The minimum atomic E-state index is 0. The van der Waals surface area contributed by atoms with Crippen LogP contribution in [0, 0.1) is 12.2 Å². The summed E-state index contributed by atoms with van der Waals surface area (Å²) in [7, 11) is 0. The van der Waals surface area contributed by atoms with Crippen molar-refractivity contribution in [3.63, 3.8) is 0 Å². The maximum Gasteiger partial charge on any atom is -1.00 e. The fourth-order valence-corrected chi connectivity index (χ4v) is 3.76. The van der Waals surface area contributed by atoms with Crippen molar-refractivity contribution in [3.8, 4) is 0 Å². The standard InChI is InChI=1S/2C15H17.C2H6Si.2ClH.Zr/c2*1-2-3-7-13-10-11-15(12-13)14-8-5-4-6-9-14;1-3-2;;;/h2*4-6,8-9,12H,2-3,7,10H2,1H3;1-2H3;2*1H;/q2*-1;;;;+2/p-2. The van der Waals surface area contributed by atoms with Crippen LogP contribution in [-0.4, -0.2) is 5.43 Å². The van der Waals surface area contributed by atoms with E-state index in [-0.39, 0.29) is 30.2 Å². The summed E-state index contributed by atoms with van der Waals surface area (Å²) in [4.78, 5) is 0. The SMILES string of the molecule is CCCCC1=CC(c2ccccc2)=[C-]C1.CCCCC1=CC(c2ccccc2)=[C-]C1.C[Si](C)=[Zr+2].[Cl-].[Cl-]. The molecule has 0 radical (unpaired) electrons. The van der Waals surface area contributed by atoms with Crippen LogP contribution in [-0.2, 0) is 23.3 Å². The van der Waals surface area contributed by atoms with Crippen molar-refractivity contribution in [1.82, 2.24) is 0 Å². The van der Waals surface area contributed by atoms with Gasteiger partial charge in [0.05, 0.1) is 0 Å². The molecular weight excluding hydrogens is 575 g/mol. The van der Waals surface area contributed by atoms with Crippen LogP contribution in [0.1, 0.15) is 76.3 Å². The van der Waals surface area contributed by atoms with Crippen LogP contribution < -0.4 is 24.8 Å². The summed E-state index contributed by atoms with van der Waals surface area (Å²) >= 11 is 1.74. The van der Waals surface area contributed by atoms with E-state index >= 15 is 0 Å². The zero-order valence-electron chi connectivity index (χ0n) is 22.3. The molecule has 0 amide bonds. The van der Waals surface area contributed by atoms with Crippen LogP contribution in [0.4, 0.5) is 0 Å². The van der Waals surface area contributed by atoms with E-state index in [1.807, 2.05) is 0 Å². The minimum absolute atomic E-state index is 0. The van der Waals surface area contributed by atoms with Gasteiger partial charge < -0.3 is 24.8 Å². The Bertz CT molecular complexity index is 923. The third-order valence-corrected chi connectivity index (χ3v) is 5.58. The van der Waals surface area contributed by atoms with Crippen molar-refractivity contribution in [2.45, 2.75) is 78.3 Å². The fourth-order valence-electron chi connectivity index (χ4n) is 3.76. The molecule has 2 aromatic carbocycles. The van der Waals surface area contributed by atoms with Crippen molar-refractivity contribution < 1.29 is 48.1 Å². The normalized spacial score (nSPS) is 13.3. The molecule has 0 saturated heterocycles. The van der Waals surface area contributed by atoms with Crippen molar-refractivity contribution >= 4 is 16.6 Å². The second-order valence-corrected chi connectivity index (χ2v) is 18.5. The molecule has 0 spiro atoms. The molecule has 0 fully saturated rings. The molecule has 0 aromatic heterocycles. The van der Waals surface area contributed by atoms with Gasteiger partial charge in [-0.3, -0.25) is 0 Å². The Kier molecular flexibility index (Phi) is 20.5. The van der Waals surface area contributed by atoms with Gasteiger partial charge in [-0.05, 0) is 12.8 Å². The molecule has 0 N–H and O–H groups in total. The smallest absolute Gasteiger partial charge is 1.00 e. The molecule has 0 bridgehead atoms. The molecular formula is C32H40Cl2SiZr-2. The summed E-state index contributed by atoms with van der Waals surface area (Å²) in [5.74, 6) is 0. The number of rotatable bonds is 8. The second kappa shape index (κ2) is 21.1. The van der Waals surface area contributed by atoms with Gasteiger partial charge in [0.1, 0.15) is 0 Å². The summed E-state index contributed by atoms with van der Waals surface area (Å²) in [5, 5.41) is 0. The van der Waals surface area contributed by atoms with E-state index < -0.39 is 0 Å². The zero-order chi connectivity index (χ0) is 24.6. The van der Waals surface area contributed by atoms with Crippen LogP contribution in [0.5, 0.6) is 0 Å². The Balaban J connectivity index is 0.000000566.